The summed E-state index contributed by atoms with van der Waals surface area (Å²) >= 11 is 0. The van der Waals surface area contributed by atoms with Gasteiger partial charge < -0.3 is 0 Å². The zero-order valence-corrected chi connectivity index (χ0v) is 10.9. The fraction of sp³-hybridized carbons (Fsp3) is 0.750. The monoisotopic (exact) mass is 240 g/mol. The summed E-state index contributed by atoms with van der Waals surface area (Å²) in [6.07, 6.45) is 1.71. The maximum absolute atomic E-state index is 12.0. The van der Waals surface area contributed by atoms with Crippen molar-refractivity contribution in [2.24, 2.45) is 11.3 Å². The number of hydrogen-bond acceptors (Lipinski definition) is 3. The lowest BCUT2D eigenvalue weighted by atomic mass is 9.88. The van der Waals surface area contributed by atoms with E-state index in [2.05, 4.69) is 19.2 Å². The molecule has 5 nitrogen and oxygen atoms in total. The van der Waals surface area contributed by atoms with E-state index in [-0.39, 0.29) is 0 Å². The fourth-order valence-corrected chi connectivity index (χ4v) is 1.71. The van der Waals surface area contributed by atoms with E-state index in [0.717, 1.165) is 17.7 Å². The molecule has 1 aliphatic rings. The van der Waals surface area contributed by atoms with Gasteiger partial charge in [-0.25, -0.2) is 4.79 Å². The minimum Gasteiger partial charge on any atom is -0.277 e. The van der Waals surface area contributed by atoms with E-state index < -0.39 is 23.3 Å². The second kappa shape index (κ2) is 4.85. The molecule has 0 aromatic rings. The second-order valence-corrected chi connectivity index (χ2v) is 5.38. The van der Waals surface area contributed by atoms with E-state index in [1.165, 1.54) is 13.8 Å². The Morgan fingerprint density at radius 2 is 1.82 bits per heavy atom. The highest BCUT2D eigenvalue weighted by molar-refractivity contribution is 6.18. The van der Waals surface area contributed by atoms with Crippen LogP contribution in [0.1, 0.15) is 40.5 Å². The van der Waals surface area contributed by atoms with Gasteiger partial charge in [0.05, 0.1) is 0 Å². The standard InChI is InChI=1S/C12H20N2O3/c1-8(2)6-5-7-14-10(16)12(3,4)9(15)13-11(14)17/h8H,5-7H2,1-4H3,(H,13,15,17). The quantitative estimate of drug-likeness (QED) is 0.758. The number of barbiturate groups is 1. The van der Waals surface area contributed by atoms with Gasteiger partial charge in [-0.05, 0) is 32.6 Å². The molecule has 1 fully saturated rings. The number of rotatable bonds is 4. The Balaban J connectivity index is 2.68. The van der Waals surface area contributed by atoms with Gasteiger partial charge in [0.1, 0.15) is 5.41 Å². The highest BCUT2D eigenvalue weighted by atomic mass is 16.2. The SMILES string of the molecule is CC(C)CCCN1C(=O)NC(=O)C(C)(C)C1=O. The van der Waals surface area contributed by atoms with Crippen LogP contribution in [0.3, 0.4) is 0 Å². The summed E-state index contributed by atoms with van der Waals surface area (Å²) in [6.45, 7) is 7.62. The highest BCUT2D eigenvalue weighted by Crippen LogP contribution is 2.23. The maximum atomic E-state index is 12.0. The molecule has 0 aromatic carbocycles. The molecule has 0 saturated carbocycles. The van der Waals surface area contributed by atoms with Crippen LogP contribution >= 0.6 is 0 Å². The van der Waals surface area contributed by atoms with Crippen LogP contribution < -0.4 is 5.32 Å². The molecule has 0 unspecified atom stereocenters. The molecule has 0 bridgehead atoms. The molecule has 0 atom stereocenters. The number of carbonyl (C=O) groups is 3. The van der Waals surface area contributed by atoms with Crippen LogP contribution in [0.15, 0.2) is 0 Å². The van der Waals surface area contributed by atoms with Crippen LogP contribution in [0.4, 0.5) is 4.79 Å². The van der Waals surface area contributed by atoms with Crippen molar-refractivity contribution in [3.63, 3.8) is 0 Å². The molecule has 96 valence electrons. The molecule has 4 amide bonds. The Morgan fingerprint density at radius 3 is 2.35 bits per heavy atom. The summed E-state index contributed by atoms with van der Waals surface area (Å²) in [6, 6.07) is -0.594. The lowest BCUT2D eigenvalue weighted by Gasteiger charge is -2.34. The normalized spacial score (nSPS) is 19.8. The predicted octanol–water partition coefficient (Wildman–Crippen LogP) is 1.53. The lowest BCUT2D eigenvalue weighted by molar-refractivity contribution is -0.149. The molecule has 1 N–H and O–H groups in total. The Hall–Kier alpha value is -1.39. The Morgan fingerprint density at radius 1 is 1.24 bits per heavy atom. The summed E-state index contributed by atoms with van der Waals surface area (Å²) in [5, 5.41) is 2.22. The molecule has 17 heavy (non-hydrogen) atoms. The minimum absolute atomic E-state index is 0.375. The highest BCUT2D eigenvalue weighted by Gasteiger charge is 2.46. The van der Waals surface area contributed by atoms with Gasteiger partial charge in [-0.3, -0.25) is 19.8 Å². The Kier molecular flexibility index (Phi) is 3.91. The van der Waals surface area contributed by atoms with Gasteiger partial charge in [0.25, 0.3) is 0 Å². The first-order valence-corrected chi connectivity index (χ1v) is 5.94. The summed E-state index contributed by atoms with van der Waals surface area (Å²) < 4.78 is 0. The third kappa shape index (κ3) is 2.84. The number of amides is 4. The van der Waals surface area contributed by atoms with E-state index in [1.54, 1.807) is 0 Å². The molecular formula is C12H20N2O3. The number of nitrogens with one attached hydrogen (secondary N) is 1. The van der Waals surface area contributed by atoms with E-state index in [9.17, 15) is 14.4 Å². The zero-order valence-electron chi connectivity index (χ0n) is 10.9. The maximum Gasteiger partial charge on any atom is 0.330 e. The van der Waals surface area contributed by atoms with Crippen LogP contribution in [-0.4, -0.2) is 29.3 Å². The number of urea groups is 1. The van der Waals surface area contributed by atoms with Crippen molar-refractivity contribution >= 4 is 17.8 Å². The molecule has 0 aliphatic carbocycles. The molecule has 1 rings (SSSR count). The molecule has 1 aliphatic heterocycles. The predicted molar refractivity (Wildman–Crippen MR) is 63.1 cm³/mol. The third-order valence-corrected chi connectivity index (χ3v) is 2.98. The second-order valence-electron chi connectivity index (χ2n) is 5.38. The van der Waals surface area contributed by atoms with Gasteiger partial charge in [0, 0.05) is 6.54 Å². The van der Waals surface area contributed by atoms with Gasteiger partial charge in [-0.15, -0.1) is 0 Å². The van der Waals surface area contributed by atoms with Crippen molar-refractivity contribution in [3.8, 4) is 0 Å². The number of imide groups is 2. The van der Waals surface area contributed by atoms with E-state index in [4.69, 9.17) is 0 Å². The molecule has 0 spiro atoms. The minimum atomic E-state index is -1.15. The van der Waals surface area contributed by atoms with Crippen LogP contribution in [0.25, 0.3) is 0 Å². The fourth-order valence-electron chi connectivity index (χ4n) is 1.71. The number of nitrogens with zero attached hydrogens (tertiary/aromatic N) is 1. The molecular weight excluding hydrogens is 220 g/mol. The van der Waals surface area contributed by atoms with Crippen molar-refractivity contribution in [1.29, 1.82) is 0 Å². The topological polar surface area (TPSA) is 66.5 Å². The van der Waals surface area contributed by atoms with Gasteiger partial charge in [-0.1, -0.05) is 13.8 Å². The first-order valence-electron chi connectivity index (χ1n) is 5.94. The average Bonchev–Trinajstić information content (AvgIpc) is 2.20. The van der Waals surface area contributed by atoms with Crippen molar-refractivity contribution in [3.05, 3.63) is 0 Å². The van der Waals surface area contributed by atoms with Crippen molar-refractivity contribution < 1.29 is 14.4 Å². The first kappa shape index (κ1) is 13.7. The number of hydrogen-bond donors (Lipinski definition) is 1. The van der Waals surface area contributed by atoms with Gasteiger partial charge in [0.15, 0.2) is 0 Å². The molecule has 1 saturated heterocycles. The molecule has 0 aromatic heterocycles. The Bertz CT molecular complexity index is 348. The van der Waals surface area contributed by atoms with Crippen LogP contribution in [-0.2, 0) is 9.59 Å². The number of carbonyl (C=O) groups excluding carboxylic acids is 3. The zero-order chi connectivity index (χ0) is 13.2. The molecule has 5 heteroatoms. The average molecular weight is 240 g/mol. The van der Waals surface area contributed by atoms with Gasteiger partial charge in [0.2, 0.25) is 11.8 Å². The van der Waals surface area contributed by atoms with Crippen LogP contribution in [0.2, 0.25) is 0 Å². The smallest absolute Gasteiger partial charge is 0.277 e. The Labute approximate surface area is 102 Å². The molecule has 0 radical (unpaired) electrons. The largest absolute Gasteiger partial charge is 0.330 e. The first-order chi connectivity index (χ1) is 7.76. The van der Waals surface area contributed by atoms with Crippen LogP contribution in [0.5, 0.6) is 0 Å². The van der Waals surface area contributed by atoms with Crippen LogP contribution in [0, 0.1) is 11.3 Å². The molecule has 1 heterocycles. The van der Waals surface area contributed by atoms with Crippen molar-refractivity contribution in [2.75, 3.05) is 6.54 Å². The summed E-state index contributed by atoms with van der Waals surface area (Å²) in [7, 11) is 0. The van der Waals surface area contributed by atoms with E-state index in [0.29, 0.717) is 12.5 Å². The summed E-state index contributed by atoms with van der Waals surface area (Å²) in [5.74, 6) is -0.393. The van der Waals surface area contributed by atoms with Crippen molar-refractivity contribution in [2.45, 2.75) is 40.5 Å². The summed E-state index contributed by atoms with van der Waals surface area (Å²) in [5.41, 5.74) is -1.15. The third-order valence-electron chi connectivity index (χ3n) is 2.98. The van der Waals surface area contributed by atoms with E-state index >= 15 is 0 Å². The van der Waals surface area contributed by atoms with Gasteiger partial charge >= 0.3 is 6.03 Å². The van der Waals surface area contributed by atoms with Crippen molar-refractivity contribution in [1.82, 2.24) is 10.2 Å². The van der Waals surface area contributed by atoms with E-state index in [1.807, 2.05) is 0 Å². The summed E-state index contributed by atoms with van der Waals surface area (Å²) in [4.78, 5) is 36.2. The lowest BCUT2D eigenvalue weighted by Crippen LogP contribution is -2.61. The van der Waals surface area contributed by atoms with Gasteiger partial charge in [-0.2, -0.15) is 0 Å².